The zero-order valence-corrected chi connectivity index (χ0v) is 13.7. The van der Waals surface area contributed by atoms with Crippen LogP contribution in [0.3, 0.4) is 0 Å². The summed E-state index contributed by atoms with van der Waals surface area (Å²) >= 11 is 1.35. The Morgan fingerprint density at radius 3 is 2.74 bits per heavy atom. The molecule has 0 unspecified atom stereocenters. The van der Waals surface area contributed by atoms with E-state index in [1.807, 2.05) is 47.5 Å². The predicted molar refractivity (Wildman–Crippen MR) is 92.8 cm³/mol. The Morgan fingerprint density at radius 2 is 2.00 bits per heavy atom. The summed E-state index contributed by atoms with van der Waals surface area (Å²) < 4.78 is 1.99. The maximum atomic E-state index is 12.3. The predicted octanol–water partition coefficient (Wildman–Crippen LogP) is 3.00. The summed E-state index contributed by atoms with van der Waals surface area (Å²) in [7, 11) is 1.96. The molecular formula is C17H17N3O2S. The number of rotatable bonds is 4. The van der Waals surface area contributed by atoms with E-state index in [-0.39, 0.29) is 11.8 Å². The van der Waals surface area contributed by atoms with E-state index in [2.05, 4.69) is 10.6 Å². The molecule has 23 heavy (non-hydrogen) atoms. The van der Waals surface area contributed by atoms with Gasteiger partial charge in [0.1, 0.15) is 6.04 Å². The molecule has 0 saturated carbocycles. The maximum Gasteiger partial charge on any atom is 0.261 e. The first-order valence-electron chi connectivity index (χ1n) is 7.25. The third kappa shape index (κ3) is 3.12. The van der Waals surface area contributed by atoms with Crippen LogP contribution in [0.4, 0.5) is 5.69 Å². The van der Waals surface area contributed by atoms with Crippen LogP contribution in [0.1, 0.15) is 16.6 Å². The van der Waals surface area contributed by atoms with Gasteiger partial charge in [-0.2, -0.15) is 0 Å². The summed E-state index contributed by atoms with van der Waals surface area (Å²) in [6, 6.07) is 10.6. The SMILES string of the molecule is C[C@@H](NC(=O)c1cccs1)C(=O)Nc1cccc2c1ccn2C. The Labute approximate surface area is 137 Å². The number of nitrogens with one attached hydrogen (secondary N) is 2. The third-order valence-corrected chi connectivity index (χ3v) is 4.54. The minimum Gasteiger partial charge on any atom is -0.350 e. The number of hydrogen-bond acceptors (Lipinski definition) is 3. The largest absolute Gasteiger partial charge is 0.350 e. The molecule has 2 amide bonds. The number of hydrogen-bond donors (Lipinski definition) is 2. The first-order chi connectivity index (χ1) is 11.1. The molecule has 118 valence electrons. The number of aromatic nitrogens is 1. The molecule has 5 nitrogen and oxygen atoms in total. The first-order valence-corrected chi connectivity index (χ1v) is 8.13. The molecule has 0 radical (unpaired) electrons. The lowest BCUT2D eigenvalue weighted by atomic mass is 10.2. The summed E-state index contributed by atoms with van der Waals surface area (Å²) in [5, 5.41) is 8.40. The molecule has 3 rings (SSSR count). The number of carbonyl (C=O) groups is 2. The monoisotopic (exact) mass is 327 g/mol. The second-order valence-electron chi connectivity index (χ2n) is 5.33. The van der Waals surface area contributed by atoms with Crippen LogP contribution >= 0.6 is 11.3 Å². The Hall–Kier alpha value is -2.60. The van der Waals surface area contributed by atoms with Gasteiger partial charge in [0, 0.05) is 24.1 Å². The smallest absolute Gasteiger partial charge is 0.261 e. The number of amides is 2. The van der Waals surface area contributed by atoms with Crippen molar-refractivity contribution < 1.29 is 9.59 Å². The minimum atomic E-state index is -0.622. The van der Waals surface area contributed by atoms with Gasteiger partial charge < -0.3 is 15.2 Å². The normalized spacial score (nSPS) is 12.1. The van der Waals surface area contributed by atoms with E-state index in [4.69, 9.17) is 0 Å². The van der Waals surface area contributed by atoms with E-state index in [0.717, 1.165) is 16.6 Å². The molecule has 6 heteroatoms. The fraction of sp³-hybridized carbons (Fsp3) is 0.176. The molecule has 1 atom stereocenters. The fourth-order valence-corrected chi connectivity index (χ4v) is 3.02. The van der Waals surface area contributed by atoms with Crippen molar-refractivity contribution in [1.82, 2.24) is 9.88 Å². The van der Waals surface area contributed by atoms with Crippen LogP contribution in [0.5, 0.6) is 0 Å². The van der Waals surface area contributed by atoms with Crippen LogP contribution in [0, 0.1) is 0 Å². The van der Waals surface area contributed by atoms with Crippen molar-refractivity contribution in [3.05, 3.63) is 52.9 Å². The van der Waals surface area contributed by atoms with E-state index in [1.165, 1.54) is 11.3 Å². The van der Waals surface area contributed by atoms with Crippen LogP contribution in [0.15, 0.2) is 48.0 Å². The molecule has 1 aromatic carbocycles. The van der Waals surface area contributed by atoms with E-state index < -0.39 is 6.04 Å². The minimum absolute atomic E-state index is 0.236. The topological polar surface area (TPSA) is 63.1 Å². The molecule has 0 aliphatic rings. The van der Waals surface area contributed by atoms with E-state index in [1.54, 1.807) is 19.1 Å². The van der Waals surface area contributed by atoms with Crippen LogP contribution in [0.2, 0.25) is 0 Å². The molecule has 2 heterocycles. The Balaban J connectivity index is 1.71. The molecule has 2 N–H and O–H groups in total. The highest BCUT2D eigenvalue weighted by molar-refractivity contribution is 7.12. The number of carbonyl (C=O) groups excluding carboxylic acids is 2. The van der Waals surface area contributed by atoms with Gasteiger partial charge in [0.05, 0.1) is 10.6 Å². The summed E-state index contributed by atoms with van der Waals surface area (Å²) in [4.78, 5) is 24.9. The molecule has 0 saturated heterocycles. The van der Waals surface area contributed by atoms with E-state index in [9.17, 15) is 9.59 Å². The molecule has 3 aromatic rings. The molecule has 0 aliphatic heterocycles. The van der Waals surface area contributed by atoms with Gasteiger partial charge >= 0.3 is 0 Å². The summed E-state index contributed by atoms with van der Waals surface area (Å²) in [6.07, 6.45) is 1.95. The number of anilines is 1. The second kappa shape index (κ2) is 6.26. The van der Waals surface area contributed by atoms with Crippen molar-refractivity contribution in [3.63, 3.8) is 0 Å². The van der Waals surface area contributed by atoms with E-state index >= 15 is 0 Å². The standard InChI is InChI=1S/C17H17N3O2S/c1-11(18-17(22)15-7-4-10-23-15)16(21)19-13-5-3-6-14-12(13)8-9-20(14)2/h3-11H,1-2H3,(H,18,22)(H,19,21)/t11-/m1/s1. The van der Waals surface area contributed by atoms with E-state index in [0.29, 0.717) is 4.88 Å². The average molecular weight is 327 g/mol. The van der Waals surface area contributed by atoms with Crippen LogP contribution in [0.25, 0.3) is 10.9 Å². The van der Waals surface area contributed by atoms with Gasteiger partial charge in [0.15, 0.2) is 0 Å². The van der Waals surface area contributed by atoms with Crippen molar-refractivity contribution in [3.8, 4) is 0 Å². The lowest BCUT2D eigenvalue weighted by Crippen LogP contribution is -2.41. The number of aryl methyl sites for hydroxylation is 1. The number of fused-ring (bicyclic) bond motifs is 1. The van der Waals surface area contributed by atoms with Crippen molar-refractivity contribution in [1.29, 1.82) is 0 Å². The van der Waals surface area contributed by atoms with Gasteiger partial charge in [0.25, 0.3) is 5.91 Å². The van der Waals surface area contributed by atoms with Crippen molar-refractivity contribution in [2.24, 2.45) is 7.05 Å². The lowest BCUT2D eigenvalue weighted by molar-refractivity contribution is -0.117. The molecule has 0 spiro atoms. The zero-order valence-electron chi connectivity index (χ0n) is 12.9. The van der Waals surface area contributed by atoms with Crippen molar-refractivity contribution in [2.75, 3.05) is 5.32 Å². The molecule has 0 fully saturated rings. The van der Waals surface area contributed by atoms with Gasteiger partial charge in [-0.3, -0.25) is 9.59 Å². The van der Waals surface area contributed by atoms with Gasteiger partial charge in [-0.15, -0.1) is 11.3 Å². The van der Waals surface area contributed by atoms with Crippen LogP contribution < -0.4 is 10.6 Å². The number of thiophene rings is 1. The van der Waals surface area contributed by atoms with Crippen LogP contribution in [-0.4, -0.2) is 22.4 Å². The summed E-state index contributed by atoms with van der Waals surface area (Å²) in [5.74, 6) is -0.480. The number of benzene rings is 1. The van der Waals surface area contributed by atoms with Crippen molar-refractivity contribution in [2.45, 2.75) is 13.0 Å². The highest BCUT2D eigenvalue weighted by atomic mass is 32.1. The highest BCUT2D eigenvalue weighted by Crippen LogP contribution is 2.23. The summed E-state index contributed by atoms with van der Waals surface area (Å²) in [6.45, 7) is 1.67. The highest BCUT2D eigenvalue weighted by Gasteiger charge is 2.18. The maximum absolute atomic E-state index is 12.3. The Kier molecular flexibility index (Phi) is 4.16. The first kappa shape index (κ1) is 15.3. The number of nitrogens with zero attached hydrogens (tertiary/aromatic N) is 1. The quantitative estimate of drug-likeness (QED) is 0.774. The second-order valence-corrected chi connectivity index (χ2v) is 6.27. The van der Waals surface area contributed by atoms with Crippen LogP contribution in [-0.2, 0) is 11.8 Å². The van der Waals surface area contributed by atoms with Gasteiger partial charge in [-0.25, -0.2) is 0 Å². The average Bonchev–Trinajstić information content (AvgIpc) is 3.18. The van der Waals surface area contributed by atoms with Crippen molar-refractivity contribution >= 4 is 39.7 Å². The van der Waals surface area contributed by atoms with Gasteiger partial charge in [-0.05, 0) is 36.6 Å². The summed E-state index contributed by atoms with van der Waals surface area (Å²) in [5.41, 5.74) is 1.78. The molecule has 0 aliphatic carbocycles. The molecule has 0 bridgehead atoms. The fourth-order valence-electron chi connectivity index (χ4n) is 2.39. The van der Waals surface area contributed by atoms with Gasteiger partial charge in [0.2, 0.25) is 5.91 Å². The Bertz CT molecular complexity index is 852. The third-order valence-electron chi connectivity index (χ3n) is 3.67. The lowest BCUT2D eigenvalue weighted by Gasteiger charge is -2.14. The Morgan fingerprint density at radius 1 is 1.17 bits per heavy atom. The van der Waals surface area contributed by atoms with Gasteiger partial charge in [-0.1, -0.05) is 12.1 Å². The molecule has 2 aromatic heterocycles. The molecular weight excluding hydrogens is 310 g/mol. The zero-order chi connectivity index (χ0) is 16.4.